The molecule has 0 saturated carbocycles. The van der Waals surface area contributed by atoms with Gasteiger partial charge >= 0.3 is 0 Å². The van der Waals surface area contributed by atoms with Crippen LogP contribution in [0.3, 0.4) is 0 Å². The number of benzene rings is 1. The highest BCUT2D eigenvalue weighted by atomic mass is 16.3. The zero-order valence-electron chi connectivity index (χ0n) is 11.8. The van der Waals surface area contributed by atoms with Gasteiger partial charge in [-0.1, -0.05) is 25.0 Å². The molecule has 2 atom stereocenters. The van der Waals surface area contributed by atoms with Crippen molar-refractivity contribution in [2.75, 3.05) is 6.54 Å². The van der Waals surface area contributed by atoms with Gasteiger partial charge in [-0.25, -0.2) is 0 Å². The van der Waals surface area contributed by atoms with Gasteiger partial charge in [0, 0.05) is 17.6 Å². The average Bonchev–Trinajstić information content (AvgIpc) is 2.53. The quantitative estimate of drug-likeness (QED) is 0.853. The first kappa shape index (κ1) is 13.4. The highest BCUT2D eigenvalue weighted by Gasteiger charge is 2.24. The Morgan fingerprint density at radius 2 is 2.06 bits per heavy atom. The van der Waals surface area contributed by atoms with E-state index < -0.39 is 0 Å². The zero-order chi connectivity index (χ0) is 13.1. The first-order chi connectivity index (χ1) is 8.59. The molecule has 1 fully saturated rings. The molecule has 0 aromatic heterocycles. The van der Waals surface area contributed by atoms with Crippen LogP contribution in [-0.2, 0) is 0 Å². The number of aromatic hydroxyl groups is 1. The van der Waals surface area contributed by atoms with Gasteiger partial charge in [-0.3, -0.25) is 4.90 Å². The van der Waals surface area contributed by atoms with Crippen LogP contribution in [0.5, 0.6) is 5.75 Å². The largest absolute Gasteiger partial charge is 0.508 e. The summed E-state index contributed by atoms with van der Waals surface area (Å²) in [6.45, 7) is 7.69. The van der Waals surface area contributed by atoms with Crippen molar-refractivity contribution in [2.24, 2.45) is 0 Å². The number of aryl methyl sites for hydroxylation is 1. The van der Waals surface area contributed by atoms with Gasteiger partial charge in [0.15, 0.2) is 0 Å². The Balaban J connectivity index is 2.20. The molecule has 18 heavy (non-hydrogen) atoms. The van der Waals surface area contributed by atoms with Crippen LogP contribution in [0.15, 0.2) is 18.2 Å². The molecule has 0 radical (unpaired) electrons. The molecule has 1 N–H and O–H groups in total. The molecule has 2 unspecified atom stereocenters. The third-order valence-corrected chi connectivity index (χ3v) is 4.24. The molecule has 2 heteroatoms. The van der Waals surface area contributed by atoms with Crippen LogP contribution in [0.4, 0.5) is 0 Å². The van der Waals surface area contributed by atoms with Crippen molar-refractivity contribution in [2.45, 2.75) is 58.5 Å². The number of nitrogens with zero attached hydrogens (tertiary/aromatic N) is 1. The first-order valence-electron chi connectivity index (χ1n) is 7.15. The van der Waals surface area contributed by atoms with E-state index >= 15 is 0 Å². The number of likely N-dealkylation sites (tertiary alicyclic amines) is 1. The van der Waals surface area contributed by atoms with Gasteiger partial charge in [-0.2, -0.15) is 0 Å². The van der Waals surface area contributed by atoms with Gasteiger partial charge in [0.05, 0.1) is 0 Å². The zero-order valence-corrected chi connectivity index (χ0v) is 11.8. The highest BCUT2D eigenvalue weighted by Crippen LogP contribution is 2.32. The fourth-order valence-corrected chi connectivity index (χ4v) is 3.06. The van der Waals surface area contributed by atoms with Crippen molar-refractivity contribution >= 4 is 0 Å². The predicted molar refractivity (Wildman–Crippen MR) is 75.9 cm³/mol. The van der Waals surface area contributed by atoms with E-state index in [1.165, 1.54) is 25.7 Å². The predicted octanol–water partition coefficient (Wildman–Crippen LogP) is 4.03. The average molecular weight is 247 g/mol. The summed E-state index contributed by atoms with van der Waals surface area (Å²) >= 11 is 0. The Morgan fingerprint density at radius 3 is 2.78 bits per heavy atom. The fourth-order valence-electron chi connectivity index (χ4n) is 3.06. The van der Waals surface area contributed by atoms with E-state index in [4.69, 9.17) is 0 Å². The molecule has 1 aromatic carbocycles. The van der Waals surface area contributed by atoms with Crippen LogP contribution in [0.1, 0.15) is 56.7 Å². The maximum atomic E-state index is 10.1. The van der Waals surface area contributed by atoms with Crippen molar-refractivity contribution in [3.8, 4) is 5.75 Å². The van der Waals surface area contributed by atoms with Crippen LogP contribution in [0.2, 0.25) is 0 Å². The molecule has 1 aromatic rings. The van der Waals surface area contributed by atoms with Gasteiger partial charge in [0.2, 0.25) is 0 Å². The molecule has 1 heterocycles. The van der Waals surface area contributed by atoms with Crippen LogP contribution in [0.25, 0.3) is 0 Å². The minimum absolute atomic E-state index is 0.304. The molecule has 1 aliphatic rings. The molecule has 1 aliphatic heterocycles. The van der Waals surface area contributed by atoms with E-state index in [0.29, 0.717) is 17.8 Å². The van der Waals surface area contributed by atoms with Crippen molar-refractivity contribution in [1.82, 2.24) is 4.90 Å². The Hall–Kier alpha value is -1.02. The molecule has 2 rings (SSSR count). The monoisotopic (exact) mass is 247 g/mol. The lowest BCUT2D eigenvalue weighted by molar-refractivity contribution is 0.156. The van der Waals surface area contributed by atoms with Crippen LogP contribution in [-0.4, -0.2) is 22.6 Å². The maximum Gasteiger partial charge on any atom is 0.120 e. The lowest BCUT2D eigenvalue weighted by Crippen LogP contribution is -2.35. The summed E-state index contributed by atoms with van der Waals surface area (Å²) in [6, 6.07) is 6.96. The normalized spacial score (nSPS) is 23.6. The summed E-state index contributed by atoms with van der Waals surface area (Å²) < 4.78 is 0. The van der Waals surface area contributed by atoms with E-state index in [0.717, 1.165) is 17.7 Å². The van der Waals surface area contributed by atoms with E-state index in [-0.39, 0.29) is 0 Å². The molecular formula is C16H25NO. The SMILES string of the molecule is Cc1ccc(C(C)N2CCCCCC2C)c(O)c1. The first-order valence-corrected chi connectivity index (χ1v) is 7.15. The molecule has 0 bridgehead atoms. The lowest BCUT2D eigenvalue weighted by atomic mass is 10.0. The van der Waals surface area contributed by atoms with Gasteiger partial charge in [0.1, 0.15) is 5.75 Å². The maximum absolute atomic E-state index is 10.1. The van der Waals surface area contributed by atoms with Crippen molar-refractivity contribution in [3.63, 3.8) is 0 Å². The number of hydrogen-bond acceptors (Lipinski definition) is 2. The van der Waals surface area contributed by atoms with E-state index in [1.807, 2.05) is 13.0 Å². The van der Waals surface area contributed by atoms with Gasteiger partial charge < -0.3 is 5.11 Å². The molecule has 0 aliphatic carbocycles. The highest BCUT2D eigenvalue weighted by molar-refractivity contribution is 5.37. The second-order valence-electron chi connectivity index (χ2n) is 5.67. The third-order valence-electron chi connectivity index (χ3n) is 4.24. The summed E-state index contributed by atoms with van der Waals surface area (Å²) in [4.78, 5) is 2.54. The van der Waals surface area contributed by atoms with E-state index in [1.54, 1.807) is 0 Å². The van der Waals surface area contributed by atoms with Gasteiger partial charge in [-0.15, -0.1) is 0 Å². The second-order valence-corrected chi connectivity index (χ2v) is 5.67. The Bertz CT molecular complexity index is 402. The number of phenols is 1. The summed E-state index contributed by atoms with van der Waals surface area (Å²) in [5, 5.41) is 10.1. The number of phenolic OH excluding ortho intramolecular Hbond substituents is 1. The van der Waals surface area contributed by atoms with E-state index in [2.05, 4.69) is 30.9 Å². The molecule has 1 saturated heterocycles. The standard InChI is InChI=1S/C16H25NO/c1-12-8-9-15(16(18)11-12)14(3)17-10-6-4-5-7-13(17)2/h8-9,11,13-14,18H,4-7,10H2,1-3H3. The fraction of sp³-hybridized carbons (Fsp3) is 0.625. The Morgan fingerprint density at radius 1 is 1.28 bits per heavy atom. The minimum Gasteiger partial charge on any atom is -0.508 e. The van der Waals surface area contributed by atoms with Crippen LogP contribution >= 0.6 is 0 Å². The van der Waals surface area contributed by atoms with Crippen molar-refractivity contribution in [3.05, 3.63) is 29.3 Å². The number of hydrogen-bond donors (Lipinski definition) is 1. The summed E-state index contributed by atoms with van der Waals surface area (Å²) in [5.41, 5.74) is 2.18. The summed E-state index contributed by atoms with van der Waals surface area (Å²) in [7, 11) is 0. The topological polar surface area (TPSA) is 23.5 Å². The van der Waals surface area contributed by atoms with Gasteiger partial charge in [0.25, 0.3) is 0 Å². The molecule has 0 spiro atoms. The molecule has 0 amide bonds. The Labute approximate surface area is 111 Å². The van der Waals surface area contributed by atoms with Gasteiger partial charge in [-0.05, 0) is 51.8 Å². The Kier molecular flexibility index (Phi) is 4.28. The second kappa shape index (κ2) is 5.75. The van der Waals surface area contributed by atoms with Crippen molar-refractivity contribution in [1.29, 1.82) is 0 Å². The van der Waals surface area contributed by atoms with Crippen LogP contribution in [0, 0.1) is 6.92 Å². The smallest absolute Gasteiger partial charge is 0.120 e. The lowest BCUT2D eigenvalue weighted by Gasteiger charge is -2.33. The molecule has 100 valence electrons. The summed E-state index contributed by atoms with van der Waals surface area (Å²) in [6.07, 6.45) is 5.23. The third kappa shape index (κ3) is 2.86. The minimum atomic E-state index is 0.304. The summed E-state index contributed by atoms with van der Waals surface area (Å²) in [5.74, 6) is 0.443. The van der Waals surface area contributed by atoms with Crippen molar-refractivity contribution < 1.29 is 5.11 Å². The van der Waals surface area contributed by atoms with E-state index in [9.17, 15) is 5.11 Å². The number of rotatable bonds is 2. The molecule has 2 nitrogen and oxygen atoms in total. The molecular weight excluding hydrogens is 222 g/mol. The van der Waals surface area contributed by atoms with Crippen LogP contribution < -0.4 is 0 Å².